The van der Waals surface area contributed by atoms with Crippen LogP contribution in [0.4, 0.5) is 0 Å². The highest BCUT2D eigenvalue weighted by atomic mass is 31.0. The van der Waals surface area contributed by atoms with Crippen LogP contribution in [0.15, 0.2) is 24.3 Å². The van der Waals surface area contributed by atoms with Crippen LogP contribution in [-0.2, 0) is 0 Å². The van der Waals surface area contributed by atoms with Gasteiger partial charge in [0, 0.05) is 24.8 Å². The lowest BCUT2D eigenvalue weighted by Crippen LogP contribution is -2.21. The van der Waals surface area contributed by atoms with E-state index in [2.05, 4.69) is 20.1 Å². The zero-order valence-corrected chi connectivity index (χ0v) is 9.75. The summed E-state index contributed by atoms with van der Waals surface area (Å²) in [6.07, 6.45) is 0.740. The Bertz CT molecular complexity index is 332. The molecule has 2 unspecified atom stereocenters. The lowest BCUT2D eigenvalue weighted by molar-refractivity contribution is 0.229. The largest absolute Gasteiger partial charge is 0.492 e. The van der Waals surface area contributed by atoms with Gasteiger partial charge in [-0.15, -0.1) is 0 Å². The molecular formula is C11H16NO2P. The third-order valence-electron chi connectivity index (χ3n) is 2.69. The number of aliphatic hydroxyl groups is 1. The van der Waals surface area contributed by atoms with Gasteiger partial charge in [-0.3, -0.25) is 4.67 Å². The van der Waals surface area contributed by atoms with Gasteiger partial charge in [0.15, 0.2) is 0 Å². The highest BCUT2D eigenvalue weighted by Crippen LogP contribution is 2.35. The van der Waals surface area contributed by atoms with Gasteiger partial charge in [0.1, 0.15) is 12.4 Å². The number of para-hydroxylation sites is 1. The van der Waals surface area contributed by atoms with Gasteiger partial charge >= 0.3 is 0 Å². The highest BCUT2D eigenvalue weighted by Gasteiger charge is 2.22. The van der Waals surface area contributed by atoms with Crippen LogP contribution in [0.2, 0.25) is 0 Å². The molecule has 0 aliphatic carbocycles. The molecule has 0 saturated carbocycles. The molecule has 2 atom stereocenters. The average molecular weight is 225 g/mol. The number of ether oxygens (including phenoxy) is 1. The van der Waals surface area contributed by atoms with E-state index in [0.29, 0.717) is 6.61 Å². The van der Waals surface area contributed by atoms with E-state index in [4.69, 9.17) is 9.84 Å². The molecule has 4 heteroatoms. The lowest BCUT2D eigenvalue weighted by Gasteiger charge is -2.24. The van der Waals surface area contributed by atoms with Crippen molar-refractivity contribution in [1.29, 1.82) is 0 Å². The monoisotopic (exact) mass is 225 g/mol. The number of benzene rings is 1. The summed E-state index contributed by atoms with van der Waals surface area (Å²) in [5.74, 6) is 0.945. The molecule has 0 spiro atoms. The fourth-order valence-electron chi connectivity index (χ4n) is 1.93. The second-order valence-corrected chi connectivity index (χ2v) is 4.32. The Hall–Kier alpha value is -0.630. The molecule has 1 aromatic carbocycles. The maximum Gasteiger partial charge on any atom is 0.124 e. The zero-order valence-electron chi connectivity index (χ0n) is 8.60. The number of nitrogens with zero attached hydrogens (tertiary/aromatic N) is 1. The van der Waals surface area contributed by atoms with Crippen molar-refractivity contribution < 1.29 is 9.84 Å². The van der Waals surface area contributed by atoms with E-state index in [-0.39, 0.29) is 12.6 Å². The maximum absolute atomic E-state index is 9.08. The first-order valence-corrected chi connectivity index (χ1v) is 5.68. The van der Waals surface area contributed by atoms with Crippen molar-refractivity contribution >= 4 is 9.39 Å². The van der Waals surface area contributed by atoms with E-state index in [1.54, 1.807) is 0 Å². The van der Waals surface area contributed by atoms with Crippen LogP contribution in [0, 0.1) is 0 Å². The standard InChI is InChI=1S/C11H16NO2P/c13-7-5-10-9-3-1-2-4-11(9)14-8-6-12(10)15/h1-4,10,13H,5-8,15H2. The summed E-state index contributed by atoms with van der Waals surface area (Å²) >= 11 is 0. The Morgan fingerprint density at radius 1 is 1.47 bits per heavy atom. The van der Waals surface area contributed by atoms with Crippen molar-refractivity contribution in [3.8, 4) is 5.75 Å². The first kappa shape index (κ1) is 10.9. The van der Waals surface area contributed by atoms with Gasteiger partial charge in [-0.2, -0.15) is 0 Å². The number of fused-ring (bicyclic) bond motifs is 1. The molecule has 1 aliphatic heterocycles. The fourth-order valence-corrected chi connectivity index (χ4v) is 2.34. The van der Waals surface area contributed by atoms with E-state index in [0.717, 1.165) is 18.7 Å². The van der Waals surface area contributed by atoms with E-state index in [9.17, 15) is 0 Å². The van der Waals surface area contributed by atoms with Gasteiger partial charge in [0.25, 0.3) is 0 Å². The van der Waals surface area contributed by atoms with E-state index in [1.165, 1.54) is 5.56 Å². The SMILES string of the molecule is OCCC1c2ccccc2OCCN1P. The molecule has 1 heterocycles. The Labute approximate surface area is 92.3 Å². The molecule has 0 bridgehead atoms. The summed E-state index contributed by atoms with van der Waals surface area (Å²) in [6, 6.07) is 8.28. The lowest BCUT2D eigenvalue weighted by atomic mass is 10.0. The highest BCUT2D eigenvalue weighted by molar-refractivity contribution is 7.13. The van der Waals surface area contributed by atoms with Gasteiger partial charge in [0.05, 0.1) is 0 Å². The van der Waals surface area contributed by atoms with Crippen LogP contribution in [0.25, 0.3) is 0 Å². The van der Waals surface area contributed by atoms with Crippen molar-refractivity contribution in [2.24, 2.45) is 0 Å². The molecule has 82 valence electrons. The smallest absolute Gasteiger partial charge is 0.124 e. The van der Waals surface area contributed by atoms with Crippen molar-refractivity contribution in [2.75, 3.05) is 19.8 Å². The molecule has 2 rings (SSSR count). The minimum absolute atomic E-state index is 0.198. The average Bonchev–Trinajstić information content (AvgIpc) is 2.40. The molecule has 15 heavy (non-hydrogen) atoms. The minimum atomic E-state index is 0.198. The van der Waals surface area contributed by atoms with Crippen molar-refractivity contribution in [3.05, 3.63) is 29.8 Å². The van der Waals surface area contributed by atoms with Crippen LogP contribution < -0.4 is 4.74 Å². The van der Waals surface area contributed by atoms with Crippen LogP contribution in [0.1, 0.15) is 18.0 Å². The predicted octanol–water partition coefficient (Wildman–Crippen LogP) is 1.59. The first-order chi connectivity index (χ1) is 7.33. The molecule has 0 radical (unpaired) electrons. The fraction of sp³-hybridized carbons (Fsp3) is 0.455. The topological polar surface area (TPSA) is 32.7 Å². The molecule has 0 amide bonds. The van der Waals surface area contributed by atoms with Crippen molar-refractivity contribution in [3.63, 3.8) is 0 Å². The predicted molar refractivity (Wildman–Crippen MR) is 62.8 cm³/mol. The van der Waals surface area contributed by atoms with Crippen molar-refractivity contribution in [1.82, 2.24) is 4.67 Å². The molecule has 0 saturated heterocycles. The Balaban J connectivity index is 2.33. The molecule has 1 aromatic rings. The van der Waals surface area contributed by atoms with Crippen LogP contribution in [0.5, 0.6) is 5.75 Å². The first-order valence-electron chi connectivity index (χ1n) is 5.17. The second-order valence-electron chi connectivity index (χ2n) is 3.65. The molecule has 0 aromatic heterocycles. The Kier molecular flexibility index (Phi) is 3.57. The van der Waals surface area contributed by atoms with E-state index < -0.39 is 0 Å². The minimum Gasteiger partial charge on any atom is -0.492 e. The Morgan fingerprint density at radius 3 is 3.07 bits per heavy atom. The van der Waals surface area contributed by atoms with E-state index in [1.807, 2.05) is 18.2 Å². The second kappa shape index (κ2) is 4.93. The van der Waals surface area contributed by atoms with Crippen LogP contribution in [-0.4, -0.2) is 29.5 Å². The number of aliphatic hydroxyl groups excluding tert-OH is 1. The summed E-state index contributed by atoms with van der Waals surface area (Å²) in [5, 5.41) is 9.08. The van der Waals surface area contributed by atoms with Gasteiger partial charge in [-0.05, 0) is 12.5 Å². The molecular weight excluding hydrogens is 209 g/mol. The van der Waals surface area contributed by atoms with Gasteiger partial charge in [-0.25, -0.2) is 0 Å². The molecule has 3 nitrogen and oxygen atoms in total. The Morgan fingerprint density at radius 2 is 2.27 bits per heavy atom. The summed E-state index contributed by atoms with van der Waals surface area (Å²) in [7, 11) is 2.72. The molecule has 0 fully saturated rings. The summed E-state index contributed by atoms with van der Waals surface area (Å²) in [4.78, 5) is 0. The third kappa shape index (κ3) is 2.31. The van der Waals surface area contributed by atoms with Crippen LogP contribution >= 0.6 is 9.39 Å². The van der Waals surface area contributed by atoms with Crippen molar-refractivity contribution in [2.45, 2.75) is 12.5 Å². The summed E-state index contributed by atoms with van der Waals surface area (Å²) in [6.45, 7) is 1.76. The van der Waals surface area contributed by atoms with Crippen LogP contribution in [0.3, 0.4) is 0 Å². The van der Waals surface area contributed by atoms with Gasteiger partial charge in [-0.1, -0.05) is 27.6 Å². The normalized spacial score (nSPS) is 21.6. The maximum atomic E-state index is 9.08. The quantitative estimate of drug-likeness (QED) is 0.776. The molecule has 1 aliphatic rings. The summed E-state index contributed by atoms with van der Waals surface area (Å²) < 4.78 is 7.81. The molecule has 1 N–H and O–H groups in total. The van der Waals surface area contributed by atoms with Gasteiger partial charge < -0.3 is 9.84 Å². The third-order valence-corrected chi connectivity index (χ3v) is 3.31. The zero-order chi connectivity index (χ0) is 10.7. The summed E-state index contributed by atoms with van der Waals surface area (Å²) in [5.41, 5.74) is 1.17. The number of rotatable bonds is 2. The van der Waals surface area contributed by atoms with E-state index >= 15 is 0 Å². The number of hydrogen-bond donors (Lipinski definition) is 1. The van der Waals surface area contributed by atoms with Gasteiger partial charge in [0.2, 0.25) is 0 Å². The number of hydrogen-bond acceptors (Lipinski definition) is 3.